The highest BCUT2D eigenvalue weighted by molar-refractivity contribution is 6.33. The number of carbonyl (C=O) groups excluding carboxylic acids is 1. The SMILES string of the molecule is COc1cc(CCC(=O)N2CCN(c3cnn(-c4ccccc4)c(=O)c3Cl)CC2)cc(OC)c1. The number of aryl methyl sites for hydroxylation is 1. The quantitative estimate of drug-likeness (QED) is 0.515. The van der Waals surface area contributed by atoms with E-state index in [1.807, 2.05) is 46.2 Å². The molecule has 0 spiro atoms. The van der Waals surface area contributed by atoms with Gasteiger partial charge in [0, 0.05) is 38.7 Å². The second-order valence-corrected chi connectivity index (χ2v) is 8.36. The Labute approximate surface area is 203 Å². The number of hydrogen-bond acceptors (Lipinski definition) is 6. The van der Waals surface area contributed by atoms with Gasteiger partial charge in [-0.05, 0) is 36.2 Å². The van der Waals surface area contributed by atoms with Crippen LogP contribution in [0.25, 0.3) is 5.69 Å². The topological polar surface area (TPSA) is 76.9 Å². The summed E-state index contributed by atoms with van der Waals surface area (Å²) in [5, 5.41) is 4.44. The van der Waals surface area contributed by atoms with E-state index < -0.39 is 0 Å². The zero-order chi connectivity index (χ0) is 24.1. The summed E-state index contributed by atoms with van der Waals surface area (Å²) in [4.78, 5) is 29.4. The monoisotopic (exact) mass is 482 g/mol. The Morgan fingerprint density at radius 1 is 1.00 bits per heavy atom. The number of amides is 1. The molecule has 8 nitrogen and oxygen atoms in total. The van der Waals surface area contributed by atoms with E-state index in [4.69, 9.17) is 21.1 Å². The van der Waals surface area contributed by atoms with Crippen molar-refractivity contribution in [1.29, 1.82) is 0 Å². The fraction of sp³-hybridized carbons (Fsp3) is 0.320. The normalized spacial score (nSPS) is 13.6. The van der Waals surface area contributed by atoms with E-state index in [0.29, 0.717) is 61.9 Å². The van der Waals surface area contributed by atoms with Crippen LogP contribution < -0.4 is 19.9 Å². The molecule has 2 aromatic carbocycles. The second-order valence-electron chi connectivity index (χ2n) is 7.99. The third-order valence-corrected chi connectivity index (χ3v) is 6.27. The van der Waals surface area contributed by atoms with Crippen LogP contribution in [0.1, 0.15) is 12.0 Å². The van der Waals surface area contributed by atoms with E-state index in [0.717, 1.165) is 5.56 Å². The summed E-state index contributed by atoms with van der Waals surface area (Å²) >= 11 is 6.43. The number of methoxy groups -OCH3 is 2. The van der Waals surface area contributed by atoms with Crippen LogP contribution in [0.15, 0.2) is 59.5 Å². The van der Waals surface area contributed by atoms with Gasteiger partial charge in [0.05, 0.1) is 31.8 Å². The summed E-state index contributed by atoms with van der Waals surface area (Å²) in [6, 6.07) is 14.8. The predicted molar refractivity (Wildman–Crippen MR) is 132 cm³/mol. The number of rotatable bonds is 7. The van der Waals surface area contributed by atoms with E-state index >= 15 is 0 Å². The lowest BCUT2D eigenvalue weighted by Crippen LogP contribution is -2.49. The molecular weight excluding hydrogens is 456 g/mol. The highest BCUT2D eigenvalue weighted by Gasteiger charge is 2.24. The minimum Gasteiger partial charge on any atom is -0.497 e. The lowest BCUT2D eigenvalue weighted by atomic mass is 10.1. The number of piperazine rings is 1. The molecule has 1 aromatic heterocycles. The number of halogens is 1. The molecule has 0 aliphatic carbocycles. The molecular formula is C25H27ClN4O4. The first kappa shape index (κ1) is 23.6. The van der Waals surface area contributed by atoms with E-state index in [-0.39, 0.29) is 16.5 Å². The third kappa shape index (κ3) is 5.17. The largest absolute Gasteiger partial charge is 0.497 e. The van der Waals surface area contributed by atoms with Crippen LogP contribution in [0.5, 0.6) is 11.5 Å². The molecule has 0 saturated carbocycles. The van der Waals surface area contributed by atoms with Gasteiger partial charge >= 0.3 is 0 Å². The van der Waals surface area contributed by atoms with Crippen molar-refractivity contribution in [2.75, 3.05) is 45.3 Å². The predicted octanol–water partition coefficient (Wildman–Crippen LogP) is 3.18. The summed E-state index contributed by atoms with van der Waals surface area (Å²) in [6.07, 6.45) is 2.61. The molecule has 0 bridgehead atoms. The van der Waals surface area contributed by atoms with Gasteiger partial charge in [-0.3, -0.25) is 9.59 Å². The van der Waals surface area contributed by atoms with Crippen molar-refractivity contribution in [2.24, 2.45) is 0 Å². The fourth-order valence-electron chi connectivity index (χ4n) is 4.01. The van der Waals surface area contributed by atoms with Gasteiger partial charge in [0.25, 0.3) is 5.56 Å². The Hall–Kier alpha value is -3.52. The number of hydrogen-bond donors (Lipinski definition) is 0. The van der Waals surface area contributed by atoms with Gasteiger partial charge in [-0.25, -0.2) is 0 Å². The van der Waals surface area contributed by atoms with Gasteiger partial charge < -0.3 is 19.3 Å². The first-order valence-electron chi connectivity index (χ1n) is 11.1. The van der Waals surface area contributed by atoms with Crippen LogP contribution in [-0.4, -0.2) is 61.0 Å². The third-order valence-electron chi connectivity index (χ3n) is 5.91. The summed E-state index contributed by atoms with van der Waals surface area (Å²) in [5.74, 6) is 1.50. The molecule has 4 rings (SSSR count). The van der Waals surface area contributed by atoms with Gasteiger partial charge in [-0.1, -0.05) is 29.8 Å². The Bertz CT molecular complexity index is 1190. The summed E-state index contributed by atoms with van der Waals surface area (Å²) in [6.45, 7) is 2.26. The number of aromatic nitrogens is 2. The first-order valence-corrected chi connectivity index (χ1v) is 11.5. The van der Waals surface area contributed by atoms with Crippen LogP contribution in [-0.2, 0) is 11.2 Å². The van der Waals surface area contributed by atoms with Gasteiger partial charge in [0.1, 0.15) is 16.5 Å². The van der Waals surface area contributed by atoms with E-state index in [9.17, 15) is 9.59 Å². The minimum atomic E-state index is -0.363. The van der Waals surface area contributed by atoms with Crippen LogP contribution in [0.2, 0.25) is 5.02 Å². The van der Waals surface area contributed by atoms with Crippen molar-refractivity contribution in [3.8, 4) is 17.2 Å². The van der Waals surface area contributed by atoms with Crippen LogP contribution >= 0.6 is 11.6 Å². The molecule has 1 saturated heterocycles. The molecule has 2 heterocycles. The van der Waals surface area contributed by atoms with Gasteiger partial charge in [0.15, 0.2) is 0 Å². The molecule has 1 aliphatic heterocycles. The maximum absolute atomic E-state index is 12.8. The smallest absolute Gasteiger partial charge is 0.292 e. The second kappa shape index (κ2) is 10.6. The fourth-order valence-corrected chi connectivity index (χ4v) is 4.26. The van der Waals surface area contributed by atoms with Crippen molar-refractivity contribution in [2.45, 2.75) is 12.8 Å². The van der Waals surface area contributed by atoms with Crippen molar-refractivity contribution in [1.82, 2.24) is 14.7 Å². The number of para-hydroxylation sites is 1. The van der Waals surface area contributed by atoms with E-state index in [1.165, 1.54) is 4.68 Å². The van der Waals surface area contributed by atoms with Gasteiger partial charge in [0.2, 0.25) is 5.91 Å². The highest BCUT2D eigenvalue weighted by Crippen LogP contribution is 2.25. The highest BCUT2D eigenvalue weighted by atomic mass is 35.5. The zero-order valence-corrected chi connectivity index (χ0v) is 20.0. The molecule has 0 atom stereocenters. The molecule has 0 radical (unpaired) electrons. The number of carbonyl (C=O) groups is 1. The molecule has 0 N–H and O–H groups in total. The average Bonchev–Trinajstić information content (AvgIpc) is 2.89. The average molecular weight is 483 g/mol. The summed E-state index contributed by atoms with van der Waals surface area (Å²) in [5.41, 5.74) is 1.87. The van der Waals surface area contributed by atoms with Crippen LogP contribution in [0.3, 0.4) is 0 Å². The molecule has 1 amide bonds. The molecule has 1 aliphatic rings. The Morgan fingerprint density at radius 3 is 2.26 bits per heavy atom. The van der Waals surface area contributed by atoms with Crippen molar-refractivity contribution in [3.63, 3.8) is 0 Å². The number of ether oxygens (including phenoxy) is 2. The molecule has 0 unspecified atom stereocenters. The maximum Gasteiger partial charge on any atom is 0.292 e. The molecule has 9 heteroatoms. The number of benzene rings is 2. The number of nitrogens with zero attached hydrogens (tertiary/aromatic N) is 4. The Balaban J connectivity index is 1.36. The van der Waals surface area contributed by atoms with Gasteiger partial charge in [-0.2, -0.15) is 9.78 Å². The zero-order valence-electron chi connectivity index (χ0n) is 19.2. The van der Waals surface area contributed by atoms with Crippen molar-refractivity contribution >= 4 is 23.2 Å². The molecule has 178 valence electrons. The van der Waals surface area contributed by atoms with Crippen LogP contribution in [0, 0.1) is 0 Å². The first-order chi connectivity index (χ1) is 16.5. The lowest BCUT2D eigenvalue weighted by Gasteiger charge is -2.36. The standard InChI is InChI=1S/C25H27ClN4O4/c1-33-20-14-18(15-21(16-20)34-2)8-9-23(31)29-12-10-28(11-13-29)22-17-27-30(25(32)24(22)26)19-6-4-3-5-7-19/h3-7,14-17H,8-13H2,1-2H3. The van der Waals surface area contributed by atoms with Gasteiger partial charge in [-0.15, -0.1) is 0 Å². The van der Waals surface area contributed by atoms with Crippen molar-refractivity contribution < 1.29 is 14.3 Å². The van der Waals surface area contributed by atoms with Crippen molar-refractivity contribution in [3.05, 3.63) is 75.7 Å². The lowest BCUT2D eigenvalue weighted by molar-refractivity contribution is -0.131. The number of anilines is 1. The van der Waals surface area contributed by atoms with E-state index in [1.54, 1.807) is 32.5 Å². The molecule has 3 aromatic rings. The molecule has 34 heavy (non-hydrogen) atoms. The molecule has 1 fully saturated rings. The van der Waals surface area contributed by atoms with Crippen LogP contribution in [0.4, 0.5) is 5.69 Å². The Morgan fingerprint density at radius 2 is 1.65 bits per heavy atom. The minimum absolute atomic E-state index is 0.0881. The summed E-state index contributed by atoms with van der Waals surface area (Å²) in [7, 11) is 3.21. The maximum atomic E-state index is 12.8. The Kier molecular flexibility index (Phi) is 7.37. The van der Waals surface area contributed by atoms with E-state index in [2.05, 4.69) is 5.10 Å². The summed E-state index contributed by atoms with van der Waals surface area (Å²) < 4.78 is 11.9.